The van der Waals surface area contributed by atoms with Gasteiger partial charge < -0.3 is 14.7 Å². The van der Waals surface area contributed by atoms with Crippen LogP contribution >= 0.6 is 0 Å². The van der Waals surface area contributed by atoms with Crippen LogP contribution in [0, 0.1) is 11.8 Å². The van der Waals surface area contributed by atoms with E-state index in [0.717, 1.165) is 19.4 Å². The number of pyridine rings is 1. The summed E-state index contributed by atoms with van der Waals surface area (Å²) in [5, 5.41) is 0. The van der Waals surface area contributed by atoms with Gasteiger partial charge in [-0.3, -0.25) is 14.6 Å². The highest BCUT2D eigenvalue weighted by atomic mass is 16.2. The molecule has 1 spiro atoms. The molecule has 0 N–H and O–H groups in total. The van der Waals surface area contributed by atoms with Crippen molar-refractivity contribution in [3.05, 3.63) is 48.5 Å². The van der Waals surface area contributed by atoms with Crippen LogP contribution in [0.25, 0.3) is 0 Å². The van der Waals surface area contributed by atoms with E-state index in [1.54, 1.807) is 43.0 Å². The topological polar surface area (TPSA) is 82.5 Å². The molecule has 5 rings (SSSR count). The highest BCUT2D eigenvalue weighted by Crippen LogP contribution is 2.49. The van der Waals surface area contributed by atoms with Crippen molar-refractivity contribution in [1.29, 1.82) is 0 Å². The van der Waals surface area contributed by atoms with Crippen LogP contribution in [0.15, 0.2) is 43.0 Å². The van der Waals surface area contributed by atoms with Gasteiger partial charge in [0.25, 0.3) is 5.91 Å². The predicted octanol–water partition coefficient (Wildman–Crippen LogP) is 1.07. The molecule has 3 saturated heterocycles. The van der Waals surface area contributed by atoms with Gasteiger partial charge in [0.1, 0.15) is 0 Å². The van der Waals surface area contributed by atoms with Crippen molar-refractivity contribution in [2.45, 2.75) is 18.4 Å². The third kappa shape index (κ3) is 2.77. The Bertz CT molecular complexity index is 913. The lowest BCUT2D eigenvalue weighted by atomic mass is 9.75. The second-order valence-corrected chi connectivity index (χ2v) is 8.20. The minimum Gasteiger partial charge on any atom is -0.340 e. The largest absolute Gasteiger partial charge is 0.340 e. The molecule has 8 nitrogen and oxygen atoms in total. The lowest BCUT2D eigenvalue weighted by Crippen LogP contribution is -2.56. The van der Waals surface area contributed by atoms with Gasteiger partial charge in [0.15, 0.2) is 0 Å². The molecular formula is C21H24N6O2. The number of carbonyl (C=O) groups excluding carboxylic acids is 2. The van der Waals surface area contributed by atoms with E-state index in [-0.39, 0.29) is 29.2 Å². The molecule has 0 aromatic carbocycles. The van der Waals surface area contributed by atoms with Crippen LogP contribution < -0.4 is 4.90 Å². The molecule has 3 aliphatic rings. The summed E-state index contributed by atoms with van der Waals surface area (Å²) < 4.78 is 0. The number of likely N-dealkylation sites (tertiary alicyclic amines) is 2. The molecule has 2 amide bonds. The minimum atomic E-state index is -0.197. The minimum absolute atomic E-state index is 0.0159. The van der Waals surface area contributed by atoms with Gasteiger partial charge in [0.2, 0.25) is 11.9 Å². The summed E-state index contributed by atoms with van der Waals surface area (Å²) in [5.41, 5.74) is 0.419. The van der Waals surface area contributed by atoms with Gasteiger partial charge in [0, 0.05) is 63.9 Å². The third-order valence-corrected chi connectivity index (χ3v) is 6.99. The summed E-state index contributed by atoms with van der Waals surface area (Å²) in [6.45, 7) is 2.74. The maximum atomic E-state index is 13.0. The molecule has 8 heteroatoms. The summed E-state index contributed by atoms with van der Waals surface area (Å²) in [5.74, 6) is 1.13. The van der Waals surface area contributed by atoms with Crippen LogP contribution in [-0.2, 0) is 4.79 Å². The first-order valence-electron chi connectivity index (χ1n) is 10.1. The Morgan fingerprint density at radius 2 is 1.86 bits per heavy atom. The number of amides is 2. The fourth-order valence-electron chi connectivity index (χ4n) is 5.41. The highest BCUT2D eigenvalue weighted by Gasteiger charge is 2.60. The SMILES string of the molecule is CN1C(=O)[C@@H]2CN(c3ncccn3)C[C@@H]2C12CCN(C(=O)c1cccnc1)CC2. The van der Waals surface area contributed by atoms with E-state index < -0.39 is 0 Å². The van der Waals surface area contributed by atoms with Crippen LogP contribution in [0.2, 0.25) is 0 Å². The number of rotatable bonds is 2. The number of hydrogen-bond acceptors (Lipinski definition) is 6. The molecule has 3 fully saturated rings. The molecule has 2 aromatic heterocycles. The van der Waals surface area contributed by atoms with Gasteiger partial charge in [-0.1, -0.05) is 0 Å². The summed E-state index contributed by atoms with van der Waals surface area (Å²) >= 11 is 0. The molecule has 2 atom stereocenters. The number of fused-ring (bicyclic) bond motifs is 2. The lowest BCUT2D eigenvalue weighted by molar-refractivity contribution is -0.133. The zero-order valence-corrected chi connectivity index (χ0v) is 16.4. The van der Waals surface area contributed by atoms with Crippen molar-refractivity contribution in [2.24, 2.45) is 11.8 Å². The number of piperidine rings is 1. The van der Waals surface area contributed by atoms with E-state index in [4.69, 9.17) is 0 Å². The Balaban J connectivity index is 1.34. The average molecular weight is 392 g/mol. The Morgan fingerprint density at radius 1 is 1.10 bits per heavy atom. The standard InChI is InChI=1S/C21H24N6O2/c1-25-19(29)16-13-27(20-23-8-3-9-24-20)14-17(16)21(25)5-10-26(11-6-21)18(28)15-4-2-7-22-12-15/h2-4,7-9,12,16-17H,5-6,10-11,13-14H2,1H3/t16-,17+/m1/s1. The quantitative estimate of drug-likeness (QED) is 0.760. The maximum Gasteiger partial charge on any atom is 0.255 e. The van der Waals surface area contributed by atoms with E-state index in [1.165, 1.54) is 0 Å². The number of anilines is 1. The Kier molecular flexibility index (Phi) is 4.22. The molecule has 0 unspecified atom stereocenters. The van der Waals surface area contributed by atoms with Gasteiger partial charge >= 0.3 is 0 Å². The van der Waals surface area contributed by atoms with Crippen LogP contribution in [0.1, 0.15) is 23.2 Å². The Labute approximate surface area is 169 Å². The van der Waals surface area contributed by atoms with Crippen molar-refractivity contribution in [3.63, 3.8) is 0 Å². The third-order valence-electron chi connectivity index (χ3n) is 6.99. The van der Waals surface area contributed by atoms with Crippen LogP contribution in [0.3, 0.4) is 0 Å². The number of aromatic nitrogens is 3. The molecule has 2 aromatic rings. The summed E-state index contributed by atoms with van der Waals surface area (Å²) in [4.78, 5) is 44.6. The number of nitrogens with zero attached hydrogens (tertiary/aromatic N) is 6. The monoisotopic (exact) mass is 392 g/mol. The number of hydrogen-bond donors (Lipinski definition) is 0. The number of carbonyl (C=O) groups is 2. The molecule has 0 bridgehead atoms. The second kappa shape index (κ2) is 6.79. The first-order valence-corrected chi connectivity index (χ1v) is 10.1. The smallest absolute Gasteiger partial charge is 0.255 e. The molecule has 150 valence electrons. The van der Waals surface area contributed by atoms with E-state index in [1.807, 2.05) is 16.8 Å². The normalized spacial score (nSPS) is 25.6. The van der Waals surface area contributed by atoms with Crippen molar-refractivity contribution in [3.8, 4) is 0 Å². The van der Waals surface area contributed by atoms with Crippen LogP contribution in [0.5, 0.6) is 0 Å². The zero-order valence-electron chi connectivity index (χ0n) is 16.4. The van der Waals surface area contributed by atoms with Gasteiger partial charge in [0.05, 0.1) is 17.0 Å². The van der Waals surface area contributed by atoms with Crippen molar-refractivity contribution in [1.82, 2.24) is 24.8 Å². The van der Waals surface area contributed by atoms with E-state index >= 15 is 0 Å². The van der Waals surface area contributed by atoms with Crippen molar-refractivity contribution >= 4 is 17.8 Å². The Morgan fingerprint density at radius 3 is 2.55 bits per heavy atom. The van der Waals surface area contributed by atoms with Crippen LogP contribution in [-0.4, -0.2) is 75.3 Å². The van der Waals surface area contributed by atoms with E-state index in [2.05, 4.69) is 19.9 Å². The molecule has 0 saturated carbocycles. The highest BCUT2D eigenvalue weighted by molar-refractivity contribution is 5.94. The van der Waals surface area contributed by atoms with Crippen molar-refractivity contribution in [2.75, 3.05) is 38.1 Å². The van der Waals surface area contributed by atoms with E-state index in [0.29, 0.717) is 31.1 Å². The van der Waals surface area contributed by atoms with E-state index in [9.17, 15) is 9.59 Å². The van der Waals surface area contributed by atoms with Gasteiger partial charge in [-0.15, -0.1) is 0 Å². The lowest BCUT2D eigenvalue weighted by Gasteiger charge is -2.46. The zero-order chi connectivity index (χ0) is 20.0. The van der Waals surface area contributed by atoms with Gasteiger partial charge in [-0.05, 0) is 31.0 Å². The first-order chi connectivity index (χ1) is 14.1. The molecule has 3 aliphatic heterocycles. The van der Waals surface area contributed by atoms with Gasteiger partial charge in [-0.25, -0.2) is 9.97 Å². The second-order valence-electron chi connectivity index (χ2n) is 8.20. The molecule has 0 aliphatic carbocycles. The molecule has 29 heavy (non-hydrogen) atoms. The van der Waals surface area contributed by atoms with Crippen LogP contribution in [0.4, 0.5) is 5.95 Å². The first kappa shape index (κ1) is 18.0. The molecular weight excluding hydrogens is 368 g/mol. The fraction of sp³-hybridized carbons (Fsp3) is 0.476. The average Bonchev–Trinajstić information content (AvgIpc) is 3.31. The van der Waals surface area contributed by atoms with Gasteiger partial charge in [-0.2, -0.15) is 0 Å². The molecule has 5 heterocycles. The summed E-state index contributed by atoms with van der Waals surface area (Å²) in [6, 6.07) is 5.39. The Hall–Kier alpha value is -3.03. The molecule has 0 radical (unpaired) electrons. The van der Waals surface area contributed by atoms with Crippen molar-refractivity contribution < 1.29 is 9.59 Å². The summed E-state index contributed by atoms with van der Waals surface area (Å²) in [6.07, 6.45) is 8.36. The fourth-order valence-corrected chi connectivity index (χ4v) is 5.41. The predicted molar refractivity (Wildman–Crippen MR) is 106 cm³/mol. The summed E-state index contributed by atoms with van der Waals surface area (Å²) in [7, 11) is 1.93. The maximum absolute atomic E-state index is 13.0.